The lowest BCUT2D eigenvalue weighted by Crippen LogP contribution is -2.50. The van der Waals surface area contributed by atoms with Crippen LogP contribution in [0.5, 0.6) is 0 Å². The van der Waals surface area contributed by atoms with Gasteiger partial charge in [-0.1, -0.05) is 120 Å². The molecule has 0 spiro atoms. The first kappa shape index (κ1) is 46.0. The molecule has 0 aromatic heterocycles. The SMILES string of the molecule is CC/C=C/C/C=C/C/C=C/C/C=C/C/C=C/CCCC(=O)OCC(COCCC(C(=O)O)[N+](C)(C)C)OC(=O)CCCCCCCCCC. The molecule has 49 heavy (non-hydrogen) atoms. The third-order valence-electron chi connectivity index (χ3n) is 7.93. The van der Waals surface area contributed by atoms with Gasteiger partial charge in [-0.05, 0) is 51.4 Å². The van der Waals surface area contributed by atoms with Crippen LogP contribution >= 0.6 is 0 Å². The van der Waals surface area contributed by atoms with Crippen LogP contribution in [-0.2, 0) is 28.6 Å². The van der Waals surface area contributed by atoms with Gasteiger partial charge in [-0.3, -0.25) is 9.59 Å². The molecule has 0 bridgehead atoms. The van der Waals surface area contributed by atoms with Crippen molar-refractivity contribution in [2.24, 2.45) is 0 Å². The van der Waals surface area contributed by atoms with Crippen LogP contribution in [0.25, 0.3) is 0 Å². The largest absolute Gasteiger partial charge is 0.477 e. The lowest BCUT2D eigenvalue weighted by Gasteiger charge is -2.31. The average Bonchev–Trinajstić information content (AvgIpc) is 3.05. The number of quaternary nitrogens is 1. The van der Waals surface area contributed by atoms with Gasteiger partial charge in [0.1, 0.15) is 6.61 Å². The highest BCUT2D eigenvalue weighted by Crippen LogP contribution is 2.12. The first-order valence-electron chi connectivity index (χ1n) is 18.8. The van der Waals surface area contributed by atoms with E-state index in [9.17, 15) is 19.5 Å². The summed E-state index contributed by atoms with van der Waals surface area (Å²) < 4.78 is 17.1. The van der Waals surface area contributed by atoms with Gasteiger partial charge >= 0.3 is 17.9 Å². The number of carboxylic acid groups (broad SMARTS) is 1. The van der Waals surface area contributed by atoms with E-state index in [2.05, 4.69) is 74.6 Å². The summed E-state index contributed by atoms with van der Waals surface area (Å²) in [5, 5.41) is 9.56. The Morgan fingerprint density at radius 3 is 1.67 bits per heavy atom. The monoisotopic (exact) mass is 689 g/mol. The van der Waals surface area contributed by atoms with Crippen LogP contribution in [0.1, 0.15) is 129 Å². The van der Waals surface area contributed by atoms with E-state index in [1.54, 1.807) is 0 Å². The van der Waals surface area contributed by atoms with E-state index in [1.165, 1.54) is 32.1 Å². The molecule has 0 radical (unpaired) electrons. The minimum absolute atomic E-state index is 0.0416. The Morgan fingerprint density at radius 2 is 1.14 bits per heavy atom. The zero-order valence-corrected chi connectivity index (χ0v) is 31.6. The Labute approximate surface area is 298 Å². The van der Waals surface area contributed by atoms with Crippen LogP contribution < -0.4 is 0 Å². The molecule has 8 nitrogen and oxygen atoms in total. The van der Waals surface area contributed by atoms with Gasteiger partial charge in [0.25, 0.3) is 0 Å². The smallest absolute Gasteiger partial charge is 0.362 e. The molecule has 0 fully saturated rings. The molecule has 0 rings (SSSR count). The van der Waals surface area contributed by atoms with Crippen LogP contribution in [0, 0.1) is 0 Å². The summed E-state index contributed by atoms with van der Waals surface area (Å²) in [6, 6.07) is -0.622. The van der Waals surface area contributed by atoms with Gasteiger partial charge in [-0.25, -0.2) is 4.79 Å². The van der Waals surface area contributed by atoms with E-state index in [0.29, 0.717) is 19.3 Å². The van der Waals surface area contributed by atoms with Gasteiger partial charge in [-0.15, -0.1) is 0 Å². The molecule has 0 heterocycles. The van der Waals surface area contributed by atoms with Crippen molar-refractivity contribution in [3.8, 4) is 0 Å². The number of carbonyl (C=O) groups is 3. The van der Waals surface area contributed by atoms with Crippen molar-refractivity contribution in [3.05, 3.63) is 60.8 Å². The number of hydrogen-bond donors (Lipinski definition) is 1. The molecule has 0 saturated heterocycles. The fourth-order valence-corrected chi connectivity index (χ4v) is 5.01. The fourth-order valence-electron chi connectivity index (χ4n) is 5.01. The van der Waals surface area contributed by atoms with Crippen LogP contribution in [0.3, 0.4) is 0 Å². The number of aliphatic carboxylic acids is 1. The first-order valence-corrected chi connectivity index (χ1v) is 18.8. The molecular weight excluding hydrogens is 618 g/mol. The second-order valence-electron chi connectivity index (χ2n) is 13.5. The Kier molecular flexibility index (Phi) is 30.3. The molecule has 0 amide bonds. The Hall–Kier alpha value is -2.97. The predicted octanol–water partition coefficient (Wildman–Crippen LogP) is 9.46. The molecule has 1 N–H and O–H groups in total. The standard InChI is InChI=1S/C41H69NO7/c1-6-8-10-12-14-16-17-18-19-20-21-22-23-24-26-27-29-31-39(43)48-36-37(35-47-34-33-38(41(45)46)42(3,4)5)49-40(44)32-30-28-25-15-13-11-9-7-2/h8,10,14,16,18-19,21-22,24,26,37-38H,6-7,9,11-13,15,17,20,23,25,27-36H2,1-5H3/p+1/b10-8+,16-14+,19-18+,22-21+,26-24+. The predicted molar refractivity (Wildman–Crippen MR) is 201 cm³/mol. The van der Waals surface area contributed by atoms with Gasteiger partial charge in [0.2, 0.25) is 0 Å². The highest BCUT2D eigenvalue weighted by Gasteiger charge is 2.31. The summed E-state index contributed by atoms with van der Waals surface area (Å²) in [5.41, 5.74) is 0. The van der Waals surface area contributed by atoms with Gasteiger partial charge < -0.3 is 23.8 Å². The molecule has 0 saturated carbocycles. The second kappa shape index (κ2) is 32.2. The van der Waals surface area contributed by atoms with Crippen molar-refractivity contribution in [3.63, 3.8) is 0 Å². The summed E-state index contributed by atoms with van der Waals surface area (Å²) in [6.07, 6.45) is 37.1. The quantitative estimate of drug-likeness (QED) is 0.0325. The highest BCUT2D eigenvalue weighted by atomic mass is 16.6. The minimum Gasteiger partial charge on any atom is -0.477 e. The average molecular weight is 689 g/mol. The third kappa shape index (κ3) is 30.8. The number of allylic oxidation sites excluding steroid dienone is 10. The normalized spacial score (nSPS) is 13.7. The van der Waals surface area contributed by atoms with E-state index in [-0.39, 0.29) is 42.7 Å². The number of carboxylic acids is 1. The highest BCUT2D eigenvalue weighted by molar-refractivity contribution is 5.72. The number of hydrogen-bond acceptors (Lipinski definition) is 6. The number of rotatable bonds is 32. The van der Waals surface area contributed by atoms with Crippen LogP contribution in [-0.4, -0.2) is 80.6 Å². The molecule has 0 aliphatic rings. The molecule has 0 aromatic carbocycles. The van der Waals surface area contributed by atoms with Crippen molar-refractivity contribution in [2.75, 3.05) is 41.0 Å². The zero-order valence-electron chi connectivity index (χ0n) is 31.6. The number of unbranched alkanes of at least 4 members (excludes halogenated alkanes) is 8. The molecule has 2 unspecified atom stereocenters. The van der Waals surface area contributed by atoms with Crippen molar-refractivity contribution in [2.45, 2.75) is 142 Å². The van der Waals surface area contributed by atoms with Gasteiger partial charge in [0.05, 0.1) is 34.4 Å². The summed E-state index contributed by atoms with van der Waals surface area (Å²) in [6.45, 7) is 4.50. The van der Waals surface area contributed by atoms with Crippen LogP contribution in [0.15, 0.2) is 60.8 Å². The maximum absolute atomic E-state index is 12.6. The molecular formula is C41H70NO7+. The van der Waals surface area contributed by atoms with E-state index in [4.69, 9.17) is 14.2 Å². The van der Waals surface area contributed by atoms with Crippen LogP contribution in [0.2, 0.25) is 0 Å². The Balaban J connectivity index is 4.48. The van der Waals surface area contributed by atoms with E-state index >= 15 is 0 Å². The zero-order chi connectivity index (χ0) is 36.4. The number of esters is 2. The van der Waals surface area contributed by atoms with E-state index in [1.807, 2.05) is 21.1 Å². The fraction of sp³-hybridized carbons (Fsp3) is 0.683. The number of ether oxygens (including phenoxy) is 3. The molecule has 0 aromatic rings. The van der Waals surface area contributed by atoms with Crippen molar-refractivity contribution < 1.29 is 38.2 Å². The molecule has 2 atom stereocenters. The summed E-state index contributed by atoms with van der Waals surface area (Å²) >= 11 is 0. The summed E-state index contributed by atoms with van der Waals surface area (Å²) in [7, 11) is 5.49. The van der Waals surface area contributed by atoms with Gasteiger partial charge in [0.15, 0.2) is 12.1 Å². The first-order chi connectivity index (χ1) is 23.6. The third-order valence-corrected chi connectivity index (χ3v) is 7.93. The van der Waals surface area contributed by atoms with Crippen molar-refractivity contribution in [1.29, 1.82) is 0 Å². The summed E-state index contributed by atoms with van der Waals surface area (Å²) in [4.78, 5) is 36.6. The minimum atomic E-state index is -0.886. The Morgan fingerprint density at radius 1 is 0.633 bits per heavy atom. The van der Waals surface area contributed by atoms with Crippen molar-refractivity contribution in [1.82, 2.24) is 0 Å². The topological polar surface area (TPSA) is 99.1 Å². The Bertz CT molecular complexity index is 990. The maximum atomic E-state index is 12.6. The molecule has 280 valence electrons. The molecule has 8 heteroatoms. The van der Waals surface area contributed by atoms with E-state index in [0.717, 1.165) is 57.8 Å². The number of nitrogens with zero attached hydrogens (tertiary/aromatic N) is 1. The van der Waals surface area contributed by atoms with Gasteiger partial charge in [0, 0.05) is 19.3 Å². The number of carbonyl (C=O) groups excluding carboxylic acids is 2. The lowest BCUT2D eigenvalue weighted by atomic mass is 10.1. The maximum Gasteiger partial charge on any atom is 0.362 e. The molecule has 0 aliphatic carbocycles. The van der Waals surface area contributed by atoms with Crippen LogP contribution in [0.4, 0.5) is 0 Å². The second-order valence-corrected chi connectivity index (χ2v) is 13.5. The van der Waals surface area contributed by atoms with E-state index < -0.39 is 18.1 Å². The van der Waals surface area contributed by atoms with Crippen molar-refractivity contribution >= 4 is 17.9 Å². The summed E-state index contributed by atoms with van der Waals surface area (Å²) in [5.74, 6) is -1.56. The lowest BCUT2D eigenvalue weighted by molar-refractivity contribution is -0.887. The molecule has 0 aliphatic heterocycles. The van der Waals surface area contributed by atoms with Gasteiger partial charge in [-0.2, -0.15) is 0 Å². The number of likely N-dealkylation sites (N-methyl/N-ethyl adjacent to an activating group) is 1.